The molecule has 0 aromatic rings. The van der Waals surface area contributed by atoms with E-state index in [2.05, 4.69) is 32.9 Å². The standard InChI is InChI=1S/C63H120O6/c1-4-7-10-13-16-19-22-25-27-29-30-31-32-34-35-38-41-44-47-50-53-56-62(65)68-59-60(58-67-61(64)55-52-49-46-43-40-37-24-21-18-15-12-9-6-3)69-63(66)57-54-51-48-45-42-39-36-33-28-26-23-20-17-14-11-8-5-2/h29-30,60H,4-28,31-59H2,1-3H3/b30-29-. The molecule has 0 rings (SSSR count). The van der Waals surface area contributed by atoms with E-state index in [1.807, 2.05) is 0 Å². The van der Waals surface area contributed by atoms with E-state index in [0.29, 0.717) is 19.3 Å². The molecule has 0 aromatic carbocycles. The molecule has 1 unspecified atom stereocenters. The molecule has 0 aromatic heterocycles. The molecule has 0 radical (unpaired) electrons. The Bertz CT molecular complexity index is 1070. The molecule has 0 aliphatic carbocycles. The van der Waals surface area contributed by atoms with Crippen molar-refractivity contribution in [1.82, 2.24) is 0 Å². The van der Waals surface area contributed by atoms with Crippen LogP contribution >= 0.6 is 0 Å². The Morgan fingerprint density at radius 2 is 0.478 bits per heavy atom. The quantitative estimate of drug-likeness (QED) is 0.0261. The molecule has 0 fully saturated rings. The van der Waals surface area contributed by atoms with Gasteiger partial charge in [0.2, 0.25) is 0 Å². The molecule has 0 bridgehead atoms. The lowest BCUT2D eigenvalue weighted by Crippen LogP contribution is -2.30. The maximum absolute atomic E-state index is 12.9. The summed E-state index contributed by atoms with van der Waals surface area (Å²) < 4.78 is 16.9. The number of carbonyl (C=O) groups excluding carboxylic acids is 3. The van der Waals surface area contributed by atoms with Crippen LogP contribution in [0, 0.1) is 0 Å². The van der Waals surface area contributed by atoms with E-state index < -0.39 is 6.10 Å². The molecule has 0 heterocycles. The van der Waals surface area contributed by atoms with Gasteiger partial charge in [-0.05, 0) is 44.9 Å². The second kappa shape index (κ2) is 58.7. The predicted octanol–water partition coefficient (Wildman–Crippen LogP) is 20.9. The SMILES string of the molecule is CCCCCCCCCC/C=C\CCCCCCCCCCCC(=O)OCC(COC(=O)CCCCCCCCCCCCCCC)OC(=O)CCCCCCCCCCCCCCCCCCC. The fourth-order valence-electron chi connectivity index (χ4n) is 9.56. The van der Waals surface area contributed by atoms with Crippen molar-refractivity contribution in [2.75, 3.05) is 13.2 Å². The Balaban J connectivity index is 4.27. The van der Waals surface area contributed by atoms with Crippen LogP contribution in [0.25, 0.3) is 0 Å². The topological polar surface area (TPSA) is 78.9 Å². The molecule has 0 aliphatic heterocycles. The smallest absolute Gasteiger partial charge is 0.306 e. The normalized spacial score (nSPS) is 12.0. The van der Waals surface area contributed by atoms with Crippen molar-refractivity contribution >= 4 is 17.9 Å². The maximum Gasteiger partial charge on any atom is 0.306 e. The van der Waals surface area contributed by atoms with Crippen LogP contribution in [0.3, 0.4) is 0 Å². The molecule has 0 saturated carbocycles. The second-order valence-corrected chi connectivity index (χ2v) is 21.3. The van der Waals surface area contributed by atoms with E-state index in [1.54, 1.807) is 0 Å². The van der Waals surface area contributed by atoms with Crippen LogP contribution < -0.4 is 0 Å². The van der Waals surface area contributed by atoms with Crippen molar-refractivity contribution < 1.29 is 28.6 Å². The summed E-state index contributed by atoms with van der Waals surface area (Å²) in [5, 5.41) is 0. The zero-order valence-electron chi connectivity index (χ0n) is 46.9. The molecule has 0 aliphatic rings. The van der Waals surface area contributed by atoms with Crippen molar-refractivity contribution in [2.45, 2.75) is 361 Å². The first kappa shape index (κ1) is 67.1. The number of rotatable bonds is 58. The van der Waals surface area contributed by atoms with E-state index in [-0.39, 0.29) is 31.1 Å². The molecule has 0 amide bonds. The molecule has 6 nitrogen and oxygen atoms in total. The number of carbonyl (C=O) groups is 3. The fraction of sp³-hybridized carbons (Fsp3) is 0.921. The first-order chi connectivity index (χ1) is 34.0. The van der Waals surface area contributed by atoms with Gasteiger partial charge in [-0.2, -0.15) is 0 Å². The van der Waals surface area contributed by atoms with Gasteiger partial charge in [-0.25, -0.2) is 0 Å². The van der Waals surface area contributed by atoms with Gasteiger partial charge in [0.05, 0.1) is 0 Å². The van der Waals surface area contributed by atoms with E-state index in [1.165, 1.54) is 257 Å². The highest BCUT2D eigenvalue weighted by Gasteiger charge is 2.19. The van der Waals surface area contributed by atoms with Crippen LogP contribution in [0.15, 0.2) is 12.2 Å². The van der Waals surface area contributed by atoms with Gasteiger partial charge in [-0.15, -0.1) is 0 Å². The van der Waals surface area contributed by atoms with E-state index >= 15 is 0 Å². The summed E-state index contributed by atoms with van der Waals surface area (Å²) in [6.07, 6.45) is 67.8. The van der Waals surface area contributed by atoms with Crippen LogP contribution in [0.5, 0.6) is 0 Å². The molecule has 0 saturated heterocycles. The first-order valence-corrected chi connectivity index (χ1v) is 31.2. The number of ether oxygens (including phenoxy) is 3. The fourth-order valence-corrected chi connectivity index (χ4v) is 9.56. The number of allylic oxidation sites excluding steroid dienone is 2. The Morgan fingerprint density at radius 3 is 0.725 bits per heavy atom. The summed E-state index contributed by atoms with van der Waals surface area (Å²) in [6, 6.07) is 0. The van der Waals surface area contributed by atoms with Gasteiger partial charge in [-0.3, -0.25) is 14.4 Å². The lowest BCUT2D eigenvalue weighted by molar-refractivity contribution is -0.167. The average Bonchev–Trinajstić information content (AvgIpc) is 3.35. The molecular formula is C63H120O6. The number of esters is 3. The Kier molecular flexibility index (Phi) is 57.1. The van der Waals surface area contributed by atoms with Crippen molar-refractivity contribution in [3.05, 3.63) is 12.2 Å². The highest BCUT2D eigenvalue weighted by atomic mass is 16.6. The molecule has 69 heavy (non-hydrogen) atoms. The summed E-state index contributed by atoms with van der Waals surface area (Å²) in [6.45, 7) is 6.71. The van der Waals surface area contributed by atoms with Gasteiger partial charge >= 0.3 is 17.9 Å². The summed E-state index contributed by atoms with van der Waals surface area (Å²) >= 11 is 0. The van der Waals surface area contributed by atoms with Crippen LogP contribution in [0.2, 0.25) is 0 Å². The van der Waals surface area contributed by atoms with Crippen LogP contribution in [-0.4, -0.2) is 37.2 Å². The molecule has 0 N–H and O–H groups in total. The van der Waals surface area contributed by atoms with Crippen LogP contribution in [0.4, 0.5) is 0 Å². The third kappa shape index (κ3) is 56.9. The molecular weight excluding hydrogens is 853 g/mol. The predicted molar refractivity (Wildman–Crippen MR) is 298 cm³/mol. The molecule has 0 spiro atoms. The number of hydrogen-bond acceptors (Lipinski definition) is 6. The first-order valence-electron chi connectivity index (χ1n) is 31.2. The average molecular weight is 974 g/mol. The van der Waals surface area contributed by atoms with E-state index in [9.17, 15) is 14.4 Å². The lowest BCUT2D eigenvalue weighted by atomic mass is 10.0. The number of unbranched alkanes of at least 4 members (excludes halogenated alkanes) is 45. The summed E-state index contributed by atoms with van der Waals surface area (Å²) in [4.78, 5) is 38.2. The zero-order valence-corrected chi connectivity index (χ0v) is 46.9. The minimum absolute atomic E-state index is 0.0641. The summed E-state index contributed by atoms with van der Waals surface area (Å²) in [7, 11) is 0. The third-order valence-electron chi connectivity index (χ3n) is 14.3. The highest BCUT2D eigenvalue weighted by Crippen LogP contribution is 2.18. The Hall–Kier alpha value is -1.85. The minimum Gasteiger partial charge on any atom is -0.462 e. The van der Waals surface area contributed by atoms with Gasteiger partial charge < -0.3 is 14.2 Å². The van der Waals surface area contributed by atoms with Crippen molar-refractivity contribution in [3.63, 3.8) is 0 Å². The second-order valence-electron chi connectivity index (χ2n) is 21.3. The highest BCUT2D eigenvalue weighted by molar-refractivity contribution is 5.71. The number of hydrogen-bond donors (Lipinski definition) is 0. The van der Waals surface area contributed by atoms with Crippen molar-refractivity contribution in [2.24, 2.45) is 0 Å². The van der Waals surface area contributed by atoms with E-state index in [4.69, 9.17) is 14.2 Å². The van der Waals surface area contributed by atoms with Crippen LogP contribution in [-0.2, 0) is 28.6 Å². The van der Waals surface area contributed by atoms with Crippen molar-refractivity contribution in [1.29, 1.82) is 0 Å². The summed E-state index contributed by atoms with van der Waals surface area (Å²) in [5.41, 5.74) is 0. The largest absolute Gasteiger partial charge is 0.462 e. The molecule has 6 heteroatoms. The van der Waals surface area contributed by atoms with Gasteiger partial charge in [0.1, 0.15) is 13.2 Å². The monoisotopic (exact) mass is 973 g/mol. The molecule has 408 valence electrons. The third-order valence-corrected chi connectivity index (χ3v) is 14.3. The Labute approximate surface area is 431 Å². The maximum atomic E-state index is 12.9. The van der Waals surface area contributed by atoms with Crippen LogP contribution in [0.1, 0.15) is 355 Å². The van der Waals surface area contributed by atoms with Crippen molar-refractivity contribution in [3.8, 4) is 0 Å². The van der Waals surface area contributed by atoms with Gasteiger partial charge in [0.25, 0.3) is 0 Å². The zero-order chi connectivity index (χ0) is 50.0. The Morgan fingerprint density at radius 1 is 0.275 bits per heavy atom. The lowest BCUT2D eigenvalue weighted by Gasteiger charge is -2.18. The summed E-state index contributed by atoms with van der Waals surface area (Å²) in [5.74, 6) is -0.838. The van der Waals surface area contributed by atoms with Gasteiger partial charge in [-0.1, -0.05) is 303 Å². The van der Waals surface area contributed by atoms with Gasteiger partial charge in [0.15, 0.2) is 6.10 Å². The van der Waals surface area contributed by atoms with E-state index in [0.717, 1.165) is 57.8 Å². The molecule has 1 atom stereocenters. The van der Waals surface area contributed by atoms with Gasteiger partial charge in [0, 0.05) is 19.3 Å². The minimum atomic E-state index is -0.765.